The van der Waals surface area contributed by atoms with Gasteiger partial charge in [-0.2, -0.15) is 5.10 Å². The molecule has 0 saturated carbocycles. The summed E-state index contributed by atoms with van der Waals surface area (Å²) >= 11 is 0. The molecule has 0 unspecified atom stereocenters. The largest absolute Gasteiger partial charge is 0.320 e. The smallest absolute Gasteiger partial charge is 0.274 e. The molecule has 1 N–H and O–H groups in total. The van der Waals surface area contributed by atoms with E-state index in [-0.39, 0.29) is 5.91 Å². The SMILES string of the molecule is Cc1ccc(C)c(NC(=O)c2ccnc3cc(C)nn23)c1. The van der Waals surface area contributed by atoms with Gasteiger partial charge in [-0.1, -0.05) is 12.1 Å². The number of carbonyl (C=O) groups is 1. The molecule has 0 spiro atoms. The molecule has 21 heavy (non-hydrogen) atoms. The van der Waals surface area contributed by atoms with E-state index in [1.807, 2.05) is 45.0 Å². The summed E-state index contributed by atoms with van der Waals surface area (Å²) in [4.78, 5) is 16.7. The second-order valence-electron chi connectivity index (χ2n) is 5.16. The molecule has 0 aliphatic carbocycles. The molecule has 3 rings (SSSR count). The lowest BCUT2D eigenvalue weighted by atomic mass is 10.1. The number of hydrogen-bond acceptors (Lipinski definition) is 3. The summed E-state index contributed by atoms with van der Waals surface area (Å²) < 4.78 is 1.57. The van der Waals surface area contributed by atoms with E-state index in [0.29, 0.717) is 11.3 Å². The Bertz CT molecular complexity index is 835. The predicted molar refractivity (Wildman–Crippen MR) is 81.6 cm³/mol. The summed E-state index contributed by atoms with van der Waals surface area (Å²) in [5.74, 6) is -0.195. The Morgan fingerprint density at radius 1 is 1.14 bits per heavy atom. The van der Waals surface area contributed by atoms with Crippen molar-refractivity contribution < 1.29 is 4.79 Å². The normalized spacial score (nSPS) is 10.8. The standard InChI is InChI=1S/C16H16N4O/c1-10-4-5-11(2)13(8-10)18-16(21)14-6-7-17-15-9-12(3)19-20(14)15/h4-9H,1-3H3,(H,18,21). The molecule has 2 aromatic heterocycles. The third-order valence-corrected chi connectivity index (χ3v) is 3.35. The minimum absolute atomic E-state index is 0.195. The maximum absolute atomic E-state index is 12.5. The highest BCUT2D eigenvalue weighted by molar-refractivity contribution is 6.03. The van der Waals surface area contributed by atoms with Crippen LogP contribution in [0.1, 0.15) is 27.3 Å². The van der Waals surface area contributed by atoms with E-state index in [1.165, 1.54) is 0 Å². The second kappa shape index (κ2) is 5.01. The van der Waals surface area contributed by atoms with Crippen LogP contribution in [0.2, 0.25) is 0 Å². The van der Waals surface area contributed by atoms with Gasteiger partial charge in [0.2, 0.25) is 0 Å². The Morgan fingerprint density at radius 3 is 2.76 bits per heavy atom. The first-order chi connectivity index (χ1) is 10.0. The molecule has 3 aromatic rings. The van der Waals surface area contributed by atoms with Gasteiger partial charge < -0.3 is 5.32 Å². The number of benzene rings is 1. The summed E-state index contributed by atoms with van der Waals surface area (Å²) in [5, 5.41) is 7.25. The first kappa shape index (κ1) is 13.3. The van der Waals surface area contributed by atoms with E-state index in [0.717, 1.165) is 22.5 Å². The zero-order valence-electron chi connectivity index (χ0n) is 12.2. The first-order valence-corrected chi connectivity index (χ1v) is 6.74. The number of aryl methyl sites for hydroxylation is 3. The number of anilines is 1. The zero-order valence-corrected chi connectivity index (χ0v) is 12.2. The maximum Gasteiger partial charge on any atom is 0.274 e. The van der Waals surface area contributed by atoms with Crippen LogP contribution in [0, 0.1) is 20.8 Å². The topological polar surface area (TPSA) is 59.3 Å². The molecule has 106 valence electrons. The average Bonchev–Trinajstić information content (AvgIpc) is 2.82. The van der Waals surface area contributed by atoms with Crippen molar-refractivity contribution in [3.05, 3.63) is 59.0 Å². The summed E-state index contributed by atoms with van der Waals surface area (Å²) in [7, 11) is 0. The molecule has 0 radical (unpaired) electrons. The van der Waals surface area contributed by atoms with E-state index in [1.54, 1.807) is 16.8 Å². The number of nitrogens with zero attached hydrogens (tertiary/aromatic N) is 3. The van der Waals surface area contributed by atoms with Gasteiger partial charge in [-0.05, 0) is 44.0 Å². The van der Waals surface area contributed by atoms with Crippen LogP contribution in [0.15, 0.2) is 36.5 Å². The molecule has 0 aliphatic rings. The summed E-state index contributed by atoms with van der Waals surface area (Å²) in [6.07, 6.45) is 1.62. The van der Waals surface area contributed by atoms with Gasteiger partial charge in [0.15, 0.2) is 5.65 Å². The lowest BCUT2D eigenvalue weighted by Crippen LogP contribution is -2.17. The Balaban J connectivity index is 1.99. The van der Waals surface area contributed by atoms with E-state index >= 15 is 0 Å². The quantitative estimate of drug-likeness (QED) is 0.785. The predicted octanol–water partition coefficient (Wildman–Crippen LogP) is 2.91. The third-order valence-electron chi connectivity index (χ3n) is 3.35. The summed E-state index contributed by atoms with van der Waals surface area (Å²) in [6.45, 7) is 5.84. The minimum Gasteiger partial charge on any atom is -0.320 e. The van der Waals surface area contributed by atoms with Crippen molar-refractivity contribution >= 4 is 17.2 Å². The number of carbonyl (C=O) groups excluding carboxylic acids is 1. The third kappa shape index (κ3) is 2.50. The Hall–Kier alpha value is -2.69. The number of hydrogen-bond donors (Lipinski definition) is 1. The van der Waals surface area contributed by atoms with Crippen LogP contribution in [-0.2, 0) is 0 Å². The highest BCUT2D eigenvalue weighted by Crippen LogP contribution is 2.17. The highest BCUT2D eigenvalue weighted by atomic mass is 16.2. The Labute approximate surface area is 122 Å². The van der Waals surface area contributed by atoms with E-state index in [2.05, 4.69) is 15.4 Å². The number of amides is 1. The molecule has 2 heterocycles. The van der Waals surface area contributed by atoms with Crippen molar-refractivity contribution in [2.45, 2.75) is 20.8 Å². The zero-order chi connectivity index (χ0) is 15.0. The van der Waals surface area contributed by atoms with Crippen molar-refractivity contribution in [2.24, 2.45) is 0 Å². The van der Waals surface area contributed by atoms with Gasteiger partial charge in [0.25, 0.3) is 5.91 Å². The molecule has 0 aliphatic heterocycles. The molecule has 5 nitrogen and oxygen atoms in total. The van der Waals surface area contributed by atoms with E-state index < -0.39 is 0 Å². The lowest BCUT2D eigenvalue weighted by Gasteiger charge is -2.10. The molecule has 1 aromatic carbocycles. The molecule has 0 bridgehead atoms. The van der Waals surface area contributed by atoms with Crippen LogP contribution in [0.25, 0.3) is 5.65 Å². The van der Waals surface area contributed by atoms with Crippen LogP contribution in [0.4, 0.5) is 5.69 Å². The number of fused-ring (bicyclic) bond motifs is 1. The molecule has 0 fully saturated rings. The van der Waals surface area contributed by atoms with Gasteiger partial charge in [-0.25, -0.2) is 9.50 Å². The first-order valence-electron chi connectivity index (χ1n) is 6.74. The van der Waals surface area contributed by atoms with E-state index in [4.69, 9.17) is 0 Å². The molecule has 5 heteroatoms. The Morgan fingerprint density at radius 2 is 1.95 bits per heavy atom. The van der Waals surface area contributed by atoms with Gasteiger partial charge in [0.1, 0.15) is 5.69 Å². The number of nitrogens with one attached hydrogen (secondary N) is 1. The van der Waals surface area contributed by atoms with Gasteiger partial charge >= 0.3 is 0 Å². The Kier molecular flexibility index (Phi) is 3.17. The molecule has 0 atom stereocenters. The minimum atomic E-state index is -0.195. The molecular weight excluding hydrogens is 264 g/mol. The maximum atomic E-state index is 12.5. The van der Waals surface area contributed by atoms with Crippen LogP contribution >= 0.6 is 0 Å². The van der Waals surface area contributed by atoms with Crippen molar-refractivity contribution in [3.63, 3.8) is 0 Å². The van der Waals surface area contributed by atoms with Crippen LogP contribution < -0.4 is 5.32 Å². The summed E-state index contributed by atoms with van der Waals surface area (Å²) in [5.41, 5.74) is 4.90. The van der Waals surface area contributed by atoms with Gasteiger partial charge in [0.05, 0.1) is 5.69 Å². The second-order valence-corrected chi connectivity index (χ2v) is 5.16. The number of rotatable bonds is 2. The fourth-order valence-corrected chi connectivity index (χ4v) is 2.24. The van der Waals surface area contributed by atoms with E-state index in [9.17, 15) is 4.79 Å². The van der Waals surface area contributed by atoms with Gasteiger partial charge in [-0.3, -0.25) is 4.79 Å². The summed E-state index contributed by atoms with van der Waals surface area (Å²) in [6, 6.07) is 9.48. The van der Waals surface area contributed by atoms with Crippen molar-refractivity contribution in [2.75, 3.05) is 5.32 Å². The molecular formula is C16H16N4O. The highest BCUT2D eigenvalue weighted by Gasteiger charge is 2.13. The van der Waals surface area contributed by atoms with Crippen molar-refractivity contribution in [1.29, 1.82) is 0 Å². The van der Waals surface area contributed by atoms with Crippen LogP contribution in [-0.4, -0.2) is 20.5 Å². The fourth-order valence-electron chi connectivity index (χ4n) is 2.24. The lowest BCUT2D eigenvalue weighted by molar-refractivity contribution is 0.101. The molecule has 1 amide bonds. The van der Waals surface area contributed by atoms with Crippen LogP contribution in [0.3, 0.4) is 0 Å². The average molecular weight is 280 g/mol. The monoisotopic (exact) mass is 280 g/mol. The van der Waals surface area contributed by atoms with Crippen LogP contribution in [0.5, 0.6) is 0 Å². The molecule has 0 saturated heterocycles. The van der Waals surface area contributed by atoms with Gasteiger partial charge in [-0.15, -0.1) is 0 Å². The number of aromatic nitrogens is 3. The van der Waals surface area contributed by atoms with Crippen molar-refractivity contribution in [3.8, 4) is 0 Å². The fraction of sp³-hybridized carbons (Fsp3) is 0.188. The van der Waals surface area contributed by atoms with Gasteiger partial charge in [0, 0.05) is 18.0 Å². The van der Waals surface area contributed by atoms with Crippen molar-refractivity contribution in [1.82, 2.24) is 14.6 Å².